The van der Waals surface area contributed by atoms with Crippen molar-refractivity contribution >= 4 is 69.2 Å². The Morgan fingerprint density at radius 1 is 0.750 bits per heavy atom. The highest BCUT2D eigenvalue weighted by Gasteiger charge is 2.64. The van der Waals surface area contributed by atoms with Gasteiger partial charge in [0.1, 0.15) is 0 Å². The lowest BCUT2D eigenvalue weighted by Crippen LogP contribution is -2.46. The molecule has 0 aliphatic heterocycles. The highest BCUT2D eigenvalue weighted by molar-refractivity contribution is 6.52. The van der Waals surface area contributed by atoms with Gasteiger partial charge in [0.15, 0.2) is 10.1 Å². The molecule has 36 heavy (non-hydrogen) atoms. The molecule has 1 aliphatic rings. The molecule has 1 unspecified atom stereocenters. The maximum absolute atomic E-state index is 11.6. The van der Waals surface area contributed by atoms with Crippen LogP contribution in [-0.4, -0.2) is 39.9 Å². The Kier molecular flexibility index (Phi) is 7.69. The molecule has 1 aromatic carbocycles. The van der Waals surface area contributed by atoms with E-state index >= 15 is 0 Å². The molecule has 1 aromatic rings. The smallest absolute Gasteiger partial charge is 0.264 e. The van der Waals surface area contributed by atoms with Crippen LogP contribution in [0.4, 0.5) is 22.7 Å². The third-order valence-corrected chi connectivity index (χ3v) is 5.66. The first-order valence-corrected chi connectivity index (χ1v) is 9.64. The fraction of sp³-hybridized carbons (Fsp3) is 0.167. The normalized spacial score (nSPS) is 17.3. The van der Waals surface area contributed by atoms with E-state index in [1.807, 2.05) is 0 Å². The molecular weight excluding hydrogens is 590 g/mol. The van der Waals surface area contributed by atoms with Crippen LogP contribution in [0, 0.1) is 60.7 Å². The molecule has 0 N–H and O–H groups in total. The maximum atomic E-state index is 11.6. The summed E-state index contributed by atoms with van der Waals surface area (Å²) in [5.41, 5.74) is -10.5. The summed E-state index contributed by atoms with van der Waals surface area (Å²) in [7, 11) is 0. The summed E-state index contributed by atoms with van der Waals surface area (Å²) in [6, 6.07) is -2.72. The molecule has 0 heterocycles. The molecule has 0 amide bonds. The van der Waals surface area contributed by atoms with Crippen LogP contribution in [0.3, 0.4) is 0 Å². The van der Waals surface area contributed by atoms with Crippen molar-refractivity contribution in [3.63, 3.8) is 0 Å². The van der Waals surface area contributed by atoms with Gasteiger partial charge in [-0.05, 0) is 0 Å². The van der Waals surface area contributed by atoms with E-state index in [4.69, 9.17) is 46.4 Å². The Bertz CT molecular complexity index is 1370. The fourth-order valence-electron chi connectivity index (χ4n) is 2.76. The van der Waals surface area contributed by atoms with Crippen molar-refractivity contribution in [3.05, 3.63) is 93.9 Å². The van der Waals surface area contributed by atoms with Gasteiger partial charge < -0.3 is 0 Å². The first-order chi connectivity index (χ1) is 16.5. The van der Waals surface area contributed by atoms with Crippen LogP contribution >= 0.6 is 46.4 Å². The molecule has 20 nitrogen and oxygen atoms in total. The topological polar surface area (TPSA) is 284 Å². The molecule has 24 heteroatoms. The number of hydrogen-bond donors (Lipinski definition) is 0. The van der Waals surface area contributed by atoms with Crippen LogP contribution in [0.25, 0.3) is 0 Å². The van der Waals surface area contributed by atoms with E-state index in [1.165, 1.54) is 0 Å². The molecular formula is C12H2Cl4N8O12. The lowest BCUT2D eigenvalue weighted by atomic mass is 9.99. The predicted octanol–water partition coefficient (Wildman–Crippen LogP) is 4.20. The predicted molar refractivity (Wildman–Crippen MR) is 115 cm³/mol. The molecule has 190 valence electrons. The zero-order valence-corrected chi connectivity index (χ0v) is 19.2. The minimum absolute atomic E-state index is 0.142. The van der Waals surface area contributed by atoms with Gasteiger partial charge in [-0.3, -0.25) is 60.7 Å². The number of benzene rings is 1. The van der Waals surface area contributed by atoms with Crippen molar-refractivity contribution in [3.8, 4) is 0 Å². The average Bonchev–Trinajstić information content (AvgIpc) is 2.69. The third-order valence-electron chi connectivity index (χ3n) is 4.16. The number of nitro benzene ring substituents is 3. The quantitative estimate of drug-likeness (QED) is 0.178. The number of nitro groups is 6. The van der Waals surface area contributed by atoms with Gasteiger partial charge in [0.05, 0.1) is 30.7 Å². The number of nitrogens with zero attached hydrogens (tertiary/aromatic N) is 8. The lowest BCUT2D eigenvalue weighted by Gasteiger charge is -2.24. The van der Waals surface area contributed by atoms with Crippen molar-refractivity contribution in [2.24, 2.45) is 10.2 Å². The standard InChI is InChI=1S/C12H2Cl4N8O12/c13-4-2(19(25)26)1-3(20(27)28)6(8(4)21(29)30)17-18-7-9(22(31)32)5(14)10(23(33)34)12(15,16)11(7)24(35)36/h1,11H. The minimum Gasteiger partial charge on any atom is -0.264 e. The largest absolute Gasteiger partial charge is 0.329 e. The molecule has 0 radical (unpaired) electrons. The second kappa shape index (κ2) is 9.85. The van der Waals surface area contributed by atoms with Gasteiger partial charge in [-0.25, -0.2) is 0 Å². The van der Waals surface area contributed by atoms with Gasteiger partial charge in [-0.2, -0.15) is 0 Å². The van der Waals surface area contributed by atoms with Gasteiger partial charge in [0.25, 0.3) is 4.33 Å². The van der Waals surface area contributed by atoms with Gasteiger partial charge in [-0.15, -0.1) is 10.2 Å². The molecule has 2 rings (SSSR count). The van der Waals surface area contributed by atoms with Crippen molar-refractivity contribution in [2.45, 2.75) is 10.4 Å². The first-order valence-electron chi connectivity index (χ1n) is 8.12. The Morgan fingerprint density at radius 2 is 1.28 bits per heavy atom. The number of azo groups is 1. The Labute approximate surface area is 213 Å². The van der Waals surface area contributed by atoms with E-state index in [9.17, 15) is 60.7 Å². The number of hydrogen-bond acceptors (Lipinski definition) is 14. The molecule has 0 fully saturated rings. The van der Waals surface area contributed by atoms with Crippen molar-refractivity contribution in [1.29, 1.82) is 0 Å². The van der Waals surface area contributed by atoms with Crippen LogP contribution in [0.15, 0.2) is 38.4 Å². The van der Waals surface area contributed by atoms with Crippen molar-refractivity contribution in [2.75, 3.05) is 0 Å². The Balaban J connectivity index is 3.05. The molecule has 0 spiro atoms. The van der Waals surface area contributed by atoms with E-state index in [0.29, 0.717) is 0 Å². The van der Waals surface area contributed by atoms with Crippen molar-refractivity contribution in [1.82, 2.24) is 0 Å². The SMILES string of the molecule is O=[N+]([O-])C1=C(N=Nc2c([N+](=O)[O-])cc([N+](=O)[O-])c(Cl)c2[N+](=O)[O-])C([N+](=O)[O-])C(Cl)(Cl)C([N+](=O)[O-])=C1Cl. The second-order valence-electron chi connectivity index (χ2n) is 6.12. The number of allylic oxidation sites excluding steroid dienone is 1. The zero-order chi connectivity index (χ0) is 27.9. The molecule has 1 atom stereocenters. The average molecular weight is 592 g/mol. The van der Waals surface area contributed by atoms with Crippen molar-refractivity contribution < 1.29 is 29.5 Å². The summed E-state index contributed by atoms with van der Waals surface area (Å²) in [5.74, 6) is 0. The Hall–Kier alpha value is -4.14. The summed E-state index contributed by atoms with van der Waals surface area (Å²) >= 11 is 22.7. The Morgan fingerprint density at radius 3 is 1.67 bits per heavy atom. The monoisotopic (exact) mass is 590 g/mol. The number of rotatable bonds is 8. The van der Waals surface area contributed by atoms with Gasteiger partial charge in [-0.1, -0.05) is 46.4 Å². The number of alkyl halides is 2. The summed E-state index contributed by atoms with van der Waals surface area (Å²) in [4.78, 5) is 59.9. The zero-order valence-electron chi connectivity index (χ0n) is 16.1. The first kappa shape index (κ1) is 28.1. The van der Waals surface area contributed by atoms with Crippen LogP contribution in [0.5, 0.6) is 0 Å². The van der Waals surface area contributed by atoms with Crippen LogP contribution in [-0.2, 0) is 0 Å². The van der Waals surface area contributed by atoms with E-state index in [2.05, 4.69) is 10.2 Å². The third kappa shape index (κ3) is 4.68. The summed E-state index contributed by atoms with van der Waals surface area (Å²) in [6.07, 6.45) is 0. The fourth-order valence-corrected chi connectivity index (χ4v) is 4.22. The minimum atomic E-state index is -3.23. The summed E-state index contributed by atoms with van der Waals surface area (Å²) in [5, 5.41) is 71.9. The number of halogens is 4. The van der Waals surface area contributed by atoms with Gasteiger partial charge >= 0.3 is 34.5 Å². The van der Waals surface area contributed by atoms with E-state index in [1.54, 1.807) is 0 Å². The van der Waals surface area contributed by atoms with E-state index < -0.39 is 89.8 Å². The van der Waals surface area contributed by atoms with Gasteiger partial charge in [0.2, 0.25) is 11.4 Å². The van der Waals surface area contributed by atoms with E-state index in [0.717, 1.165) is 0 Å². The van der Waals surface area contributed by atoms with E-state index in [-0.39, 0.29) is 6.07 Å². The van der Waals surface area contributed by atoms with Gasteiger partial charge in [0, 0.05) is 4.92 Å². The maximum Gasteiger partial charge on any atom is 0.329 e. The van der Waals surface area contributed by atoms with Crippen LogP contribution in [0.1, 0.15) is 0 Å². The highest BCUT2D eigenvalue weighted by Crippen LogP contribution is 2.50. The van der Waals surface area contributed by atoms with Crippen LogP contribution in [0.2, 0.25) is 5.02 Å². The summed E-state index contributed by atoms with van der Waals surface area (Å²) in [6.45, 7) is 0. The molecule has 1 aliphatic carbocycles. The summed E-state index contributed by atoms with van der Waals surface area (Å²) < 4.78 is -3.23. The van der Waals surface area contributed by atoms with Crippen LogP contribution < -0.4 is 0 Å². The molecule has 0 aromatic heterocycles. The lowest BCUT2D eigenvalue weighted by molar-refractivity contribution is -0.526. The molecule has 0 saturated heterocycles. The molecule has 0 bridgehead atoms. The highest BCUT2D eigenvalue weighted by atomic mass is 35.5. The second-order valence-corrected chi connectivity index (χ2v) is 8.26. The molecule has 0 saturated carbocycles.